The molecule has 1 aromatic rings. The predicted molar refractivity (Wildman–Crippen MR) is 73.1 cm³/mol. The first-order chi connectivity index (χ1) is 9.10. The van der Waals surface area contributed by atoms with Gasteiger partial charge in [-0.05, 0) is 17.7 Å². The molecule has 0 heterocycles. The maximum absolute atomic E-state index is 12.7. The van der Waals surface area contributed by atoms with E-state index in [1.165, 1.54) is 12.1 Å². The molecule has 0 saturated heterocycles. The van der Waals surface area contributed by atoms with Crippen LogP contribution in [0.25, 0.3) is 0 Å². The molecule has 1 aromatic carbocycles. The van der Waals surface area contributed by atoms with Gasteiger partial charge in [0.1, 0.15) is 5.75 Å². The van der Waals surface area contributed by atoms with Crippen molar-refractivity contribution in [3.8, 4) is 5.75 Å². The molecule has 0 aliphatic carbocycles. The molecule has 8 heteroatoms. The number of hydrogen-bond acceptors (Lipinski definition) is 3. The highest BCUT2D eigenvalue weighted by molar-refractivity contribution is 5.85. The molecule has 0 saturated carbocycles. The minimum atomic E-state index is -4.53. The zero-order chi connectivity index (χ0) is 15.6. The van der Waals surface area contributed by atoms with Gasteiger partial charge < -0.3 is 15.6 Å². The van der Waals surface area contributed by atoms with Crippen molar-refractivity contribution in [3.63, 3.8) is 0 Å². The molecule has 3 N–H and O–H groups in total. The number of alkyl halides is 4. The summed E-state index contributed by atoms with van der Waals surface area (Å²) in [6.45, 7) is 3.33. The summed E-state index contributed by atoms with van der Waals surface area (Å²) in [4.78, 5) is 0. The van der Waals surface area contributed by atoms with E-state index in [2.05, 4.69) is 4.74 Å². The Kier molecular flexibility index (Phi) is 6.92. The smallest absolute Gasteiger partial charge is 0.428 e. The minimum Gasteiger partial charge on any atom is -0.428 e. The Balaban J connectivity index is 0.00000400. The highest BCUT2D eigenvalue weighted by Gasteiger charge is 2.44. The van der Waals surface area contributed by atoms with Crippen molar-refractivity contribution in [2.75, 3.05) is 6.61 Å². The molecule has 0 aliphatic heterocycles. The largest absolute Gasteiger partial charge is 0.461 e. The quantitative estimate of drug-likeness (QED) is 0.786. The van der Waals surface area contributed by atoms with Gasteiger partial charge in [-0.1, -0.05) is 26.0 Å². The monoisotopic (exact) mass is 331 g/mol. The minimum absolute atomic E-state index is 0. The lowest BCUT2D eigenvalue weighted by molar-refractivity contribution is -0.253. The van der Waals surface area contributed by atoms with Crippen LogP contribution >= 0.6 is 12.4 Å². The van der Waals surface area contributed by atoms with E-state index in [1.54, 1.807) is 13.8 Å². The fraction of sp³-hybridized carbons (Fsp3) is 0.538. The van der Waals surface area contributed by atoms with Gasteiger partial charge in [0, 0.05) is 18.1 Å². The molecule has 1 rings (SSSR count). The summed E-state index contributed by atoms with van der Waals surface area (Å²) in [5, 5.41) is 9.21. The first kappa shape index (κ1) is 19.9. The summed E-state index contributed by atoms with van der Waals surface area (Å²) >= 11 is 0. The second-order valence-corrected chi connectivity index (χ2v) is 5.16. The van der Waals surface area contributed by atoms with Crippen molar-refractivity contribution in [3.05, 3.63) is 29.8 Å². The van der Waals surface area contributed by atoms with Gasteiger partial charge in [-0.15, -0.1) is 12.4 Å². The van der Waals surface area contributed by atoms with Crippen LogP contribution in [0, 0.1) is 5.41 Å². The standard InChI is InChI=1S/C13H17F4NO2.ClH/c1-12(2,7-19)10(18)8-3-5-9(6-4-8)20-13(16,17)11(14)15;/h3-6,10-11,19H,7,18H2,1-2H3;1H/t10-;/m0./s1. The second kappa shape index (κ2) is 7.29. The van der Waals surface area contributed by atoms with Crippen molar-refractivity contribution in [2.24, 2.45) is 11.1 Å². The number of aliphatic hydroxyl groups excluding tert-OH is 1. The molecule has 0 fully saturated rings. The third kappa shape index (κ3) is 5.01. The lowest BCUT2D eigenvalue weighted by Crippen LogP contribution is -2.33. The molecule has 3 nitrogen and oxygen atoms in total. The molecule has 0 aliphatic rings. The molecule has 0 radical (unpaired) electrons. The first-order valence-corrected chi connectivity index (χ1v) is 5.91. The maximum Gasteiger partial charge on any atom is 0.461 e. The number of hydrogen-bond donors (Lipinski definition) is 2. The Morgan fingerprint density at radius 2 is 1.67 bits per heavy atom. The Hall–Kier alpha value is -1.05. The number of benzene rings is 1. The maximum atomic E-state index is 12.7. The van der Waals surface area contributed by atoms with E-state index in [-0.39, 0.29) is 24.8 Å². The van der Waals surface area contributed by atoms with Gasteiger partial charge in [0.2, 0.25) is 0 Å². The third-order valence-corrected chi connectivity index (χ3v) is 3.00. The van der Waals surface area contributed by atoms with Crippen molar-refractivity contribution < 1.29 is 27.4 Å². The van der Waals surface area contributed by atoms with Crippen LogP contribution in [-0.2, 0) is 0 Å². The highest BCUT2D eigenvalue weighted by Crippen LogP contribution is 2.33. The van der Waals surface area contributed by atoms with E-state index in [0.29, 0.717) is 5.56 Å². The zero-order valence-corrected chi connectivity index (χ0v) is 12.3. The van der Waals surface area contributed by atoms with E-state index in [9.17, 15) is 22.7 Å². The number of halogens is 5. The number of nitrogens with two attached hydrogens (primary N) is 1. The summed E-state index contributed by atoms with van der Waals surface area (Å²) in [5.41, 5.74) is 5.92. The fourth-order valence-electron chi connectivity index (χ4n) is 1.49. The lowest BCUT2D eigenvalue weighted by atomic mass is 9.82. The van der Waals surface area contributed by atoms with Crippen LogP contribution < -0.4 is 10.5 Å². The molecule has 21 heavy (non-hydrogen) atoms. The number of rotatable bonds is 6. The van der Waals surface area contributed by atoms with Gasteiger partial charge in [-0.25, -0.2) is 0 Å². The topological polar surface area (TPSA) is 55.5 Å². The molecule has 1 atom stereocenters. The summed E-state index contributed by atoms with van der Waals surface area (Å²) < 4.78 is 53.3. The lowest BCUT2D eigenvalue weighted by Gasteiger charge is -2.29. The normalized spacial score (nSPS) is 13.8. The van der Waals surface area contributed by atoms with E-state index in [4.69, 9.17) is 5.73 Å². The third-order valence-electron chi connectivity index (χ3n) is 3.00. The van der Waals surface area contributed by atoms with E-state index in [0.717, 1.165) is 12.1 Å². The van der Waals surface area contributed by atoms with Crippen LogP contribution in [-0.4, -0.2) is 24.2 Å². The summed E-state index contributed by atoms with van der Waals surface area (Å²) in [6.07, 6.45) is -8.44. The summed E-state index contributed by atoms with van der Waals surface area (Å²) in [7, 11) is 0. The Morgan fingerprint density at radius 1 is 1.19 bits per heavy atom. The van der Waals surface area contributed by atoms with Crippen molar-refractivity contribution in [1.82, 2.24) is 0 Å². The van der Waals surface area contributed by atoms with Gasteiger partial charge in [0.25, 0.3) is 0 Å². The van der Waals surface area contributed by atoms with E-state index < -0.39 is 24.0 Å². The SMILES string of the molecule is CC(C)(CO)[C@@H](N)c1ccc(OC(F)(F)C(F)F)cc1.Cl. The van der Waals surface area contributed by atoms with E-state index >= 15 is 0 Å². The summed E-state index contributed by atoms with van der Waals surface area (Å²) in [5.74, 6) is -0.381. The molecule has 122 valence electrons. The van der Waals surface area contributed by atoms with Crippen LogP contribution in [0.5, 0.6) is 5.75 Å². The molecule has 0 spiro atoms. The van der Waals surface area contributed by atoms with Crippen LogP contribution in [0.4, 0.5) is 17.6 Å². The highest BCUT2D eigenvalue weighted by atomic mass is 35.5. The number of aliphatic hydroxyl groups is 1. The van der Waals surface area contributed by atoms with Crippen molar-refractivity contribution >= 4 is 12.4 Å². The molecular weight excluding hydrogens is 314 g/mol. The van der Waals surface area contributed by atoms with Crippen LogP contribution in [0.2, 0.25) is 0 Å². The molecule has 0 aromatic heterocycles. The average molecular weight is 332 g/mol. The molecular formula is C13H18ClF4NO2. The first-order valence-electron chi connectivity index (χ1n) is 5.91. The van der Waals surface area contributed by atoms with Gasteiger partial charge in [-0.2, -0.15) is 17.6 Å². The number of ether oxygens (including phenoxy) is 1. The second-order valence-electron chi connectivity index (χ2n) is 5.16. The Bertz CT molecular complexity index is 440. The van der Waals surface area contributed by atoms with Gasteiger partial charge in [-0.3, -0.25) is 0 Å². The van der Waals surface area contributed by atoms with Gasteiger partial charge in [0.05, 0.1) is 0 Å². The van der Waals surface area contributed by atoms with Gasteiger partial charge >= 0.3 is 12.5 Å². The van der Waals surface area contributed by atoms with Crippen molar-refractivity contribution in [2.45, 2.75) is 32.4 Å². The molecule has 0 unspecified atom stereocenters. The van der Waals surface area contributed by atoms with Gasteiger partial charge in [0.15, 0.2) is 0 Å². The van der Waals surface area contributed by atoms with Crippen LogP contribution in [0.1, 0.15) is 25.5 Å². The summed E-state index contributed by atoms with van der Waals surface area (Å²) in [6, 6.07) is 4.55. The Morgan fingerprint density at radius 3 is 2.05 bits per heavy atom. The molecule has 0 amide bonds. The molecule has 0 bridgehead atoms. The van der Waals surface area contributed by atoms with Crippen molar-refractivity contribution in [1.29, 1.82) is 0 Å². The average Bonchev–Trinajstić information content (AvgIpc) is 2.38. The van der Waals surface area contributed by atoms with Crippen LogP contribution in [0.3, 0.4) is 0 Å². The Labute approximate surface area is 126 Å². The van der Waals surface area contributed by atoms with Crippen LogP contribution in [0.15, 0.2) is 24.3 Å². The fourth-order valence-corrected chi connectivity index (χ4v) is 1.49. The van der Waals surface area contributed by atoms with E-state index in [1.807, 2.05) is 0 Å². The zero-order valence-electron chi connectivity index (χ0n) is 11.5. The predicted octanol–water partition coefficient (Wildman–Crippen LogP) is 3.36.